The molecule has 4 aromatic rings. The minimum atomic E-state index is 0.0360. The van der Waals surface area contributed by atoms with Gasteiger partial charge in [0.25, 0.3) is 5.56 Å². The molecule has 154 valence electrons. The number of fused-ring (bicyclic) bond motifs is 4. The Morgan fingerprint density at radius 3 is 2.83 bits per heavy atom. The SMILES string of the molecule is O=c1[nH]c(CN2CCN(c3ncnc4sccc34)CC2)nc2sc3c(c12)CCCC3. The molecule has 1 saturated heterocycles. The third-order valence-corrected chi connectivity index (χ3v) is 8.17. The normalized spacial score (nSPS) is 17.7. The maximum absolute atomic E-state index is 12.8. The van der Waals surface area contributed by atoms with Crippen molar-refractivity contribution in [3.63, 3.8) is 0 Å². The van der Waals surface area contributed by atoms with Crippen LogP contribution in [0.5, 0.6) is 0 Å². The first-order valence-electron chi connectivity index (χ1n) is 10.5. The Hall–Kier alpha value is -2.36. The molecule has 30 heavy (non-hydrogen) atoms. The summed E-state index contributed by atoms with van der Waals surface area (Å²) >= 11 is 3.37. The largest absolute Gasteiger partial charge is 0.353 e. The number of hydrogen-bond donors (Lipinski definition) is 1. The molecule has 0 radical (unpaired) electrons. The zero-order valence-electron chi connectivity index (χ0n) is 16.6. The van der Waals surface area contributed by atoms with Crippen LogP contribution in [0.2, 0.25) is 0 Å². The molecule has 1 aliphatic heterocycles. The van der Waals surface area contributed by atoms with E-state index in [1.54, 1.807) is 29.0 Å². The van der Waals surface area contributed by atoms with Gasteiger partial charge in [-0.2, -0.15) is 0 Å². The molecule has 9 heteroatoms. The highest BCUT2D eigenvalue weighted by Gasteiger charge is 2.23. The van der Waals surface area contributed by atoms with Crippen molar-refractivity contribution < 1.29 is 0 Å². The number of nitrogens with zero attached hydrogens (tertiary/aromatic N) is 5. The molecule has 6 rings (SSSR count). The van der Waals surface area contributed by atoms with Crippen molar-refractivity contribution in [3.8, 4) is 0 Å². The molecule has 4 aromatic heterocycles. The summed E-state index contributed by atoms with van der Waals surface area (Å²) in [5, 5.41) is 4.04. The van der Waals surface area contributed by atoms with Gasteiger partial charge in [-0.15, -0.1) is 22.7 Å². The lowest BCUT2D eigenvalue weighted by Gasteiger charge is -2.35. The van der Waals surface area contributed by atoms with Crippen LogP contribution in [0.4, 0.5) is 5.82 Å². The summed E-state index contributed by atoms with van der Waals surface area (Å²) in [6, 6.07) is 2.10. The number of aromatic amines is 1. The number of H-pyrrole nitrogens is 1. The van der Waals surface area contributed by atoms with Crippen LogP contribution >= 0.6 is 22.7 Å². The fourth-order valence-corrected chi connectivity index (χ4v) is 6.65. The molecule has 0 saturated carbocycles. The van der Waals surface area contributed by atoms with Gasteiger partial charge in [0.15, 0.2) is 0 Å². The fourth-order valence-electron chi connectivity index (χ4n) is 4.64. The molecule has 0 atom stereocenters. The molecule has 0 bridgehead atoms. The minimum absolute atomic E-state index is 0.0360. The minimum Gasteiger partial charge on any atom is -0.353 e. The lowest BCUT2D eigenvalue weighted by atomic mass is 9.97. The maximum atomic E-state index is 12.8. The molecule has 1 fully saturated rings. The fraction of sp³-hybridized carbons (Fsp3) is 0.429. The van der Waals surface area contributed by atoms with E-state index in [-0.39, 0.29) is 5.56 Å². The molecule has 0 unspecified atom stereocenters. The second kappa shape index (κ2) is 7.40. The smallest absolute Gasteiger partial charge is 0.259 e. The van der Waals surface area contributed by atoms with Crippen molar-refractivity contribution >= 4 is 48.9 Å². The number of rotatable bonds is 3. The number of piperazine rings is 1. The predicted octanol–water partition coefficient (Wildman–Crippen LogP) is 3.19. The van der Waals surface area contributed by atoms with E-state index in [1.807, 2.05) is 0 Å². The highest BCUT2D eigenvalue weighted by Crippen LogP contribution is 2.33. The van der Waals surface area contributed by atoms with E-state index < -0.39 is 0 Å². The van der Waals surface area contributed by atoms with E-state index in [2.05, 4.69) is 36.2 Å². The van der Waals surface area contributed by atoms with Crippen molar-refractivity contribution in [2.45, 2.75) is 32.2 Å². The topological polar surface area (TPSA) is 78.0 Å². The maximum Gasteiger partial charge on any atom is 0.259 e. The van der Waals surface area contributed by atoms with Gasteiger partial charge in [-0.3, -0.25) is 9.69 Å². The Labute approximate surface area is 181 Å². The van der Waals surface area contributed by atoms with Gasteiger partial charge in [-0.05, 0) is 42.7 Å². The van der Waals surface area contributed by atoms with E-state index in [4.69, 9.17) is 4.98 Å². The van der Waals surface area contributed by atoms with Crippen LogP contribution in [-0.4, -0.2) is 51.0 Å². The van der Waals surface area contributed by atoms with Gasteiger partial charge in [-0.25, -0.2) is 15.0 Å². The van der Waals surface area contributed by atoms with Gasteiger partial charge in [0.2, 0.25) is 0 Å². The van der Waals surface area contributed by atoms with E-state index in [0.29, 0.717) is 6.54 Å². The molecule has 0 aromatic carbocycles. The summed E-state index contributed by atoms with van der Waals surface area (Å²) < 4.78 is 0. The molecule has 0 spiro atoms. The zero-order valence-corrected chi connectivity index (χ0v) is 18.2. The summed E-state index contributed by atoms with van der Waals surface area (Å²) in [6.07, 6.45) is 6.16. The van der Waals surface area contributed by atoms with Crippen LogP contribution < -0.4 is 10.5 Å². The Bertz CT molecular complexity index is 1280. The Balaban J connectivity index is 1.19. The predicted molar refractivity (Wildman–Crippen MR) is 122 cm³/mol. The second-order valence-electron chi connectivity index (χ2n) is 8.00. The Kier molecular flexibility index (Phi) is 4.54. The third-order valence-electron chi connectivity index (χ3n) is 6.16. The van der Waals surface area contributed by atoms with Crippen molar-refractivity contribution in [1.29, 1.82) is 0 Å². The van der Waals surface area contributed by atoms with Gasteiger partial charge in [-0.1, -0.05) is 0 Å². The molecule has 1 N–H and O–H groups in total. The van der Waals surface area contributed by atoms with Crippen molar-refractivity contribution in [1.82, 2.24) is 24.8 Å². The Morgan fingerprint density at radius 2 is 1.93 bits per heavy atom. The third kappa shape index (κ3) is 3.12. The first kappa shape index (κ1) is 18.4. The van der Waals surface area contributed by atoms with E-state index in [9.17, 15) is 4.79 Å². The monoisotopic (exact) mass is 438 g/mol. The molecular weight excluding hydrogens is 416 g/mol. The molecule has 2 aliphatic rings. The number of thiophene rings is 2. The zero-order chi connectivity index (χ0) is 20.1. The van der Waals surface area contributed by atoms with E-state index in [0.717, 1.165) is 71.1 Å². The van der Waals surface area contributed by atoms with E-state index >= 15 is 0 Å². The highest BCUT2D eigenvalue weighted by molar-refractivity contribution is 7.18. The van der Waals surface area contributed by atoms with Crippen molar-refractivity contribution in [3.05, 3.63) is 44.4 Å². The molecule has 5 heterocycles. The average Bonchev–Trinajstić information content (AvgIpc) is 3.38. The average molecular weight is 439 g/mol. The summed E-state index contributed by atoms with van der Waals surface area (Å²) in [6.45, 7) is 4.32. The lowest BCUT2D eigenvalue weighted by molar-refractivity contribution is 0.244. The summed E-state index contributed by atoms with van der Waals surface area (Å²) in [4.78, 5) is 37.6. The lowest BCUT2D eigenvalue weighted by Crippen LogP contribution is -2.46. The first-order valence-corrected chi connectivity index (χ1v) is 12.1. The van der Waals surface area contributed by atoms with Gasteiger partial charge < -0.3 is 9.88 Å². The quantitative estimate of drug-likeness (QED) is 0.529. The van der Waals surface area contributed by atoms with Crippen molar-refractivity contribution in [2.24, 2.45) is 0 Å². The summed E-state index contributed by atoms with van der Waals surface area (Å²) in [5.41, 5.74) is 1.29. The number of aromatic nitrogens is 4. The summed E-state index contributed by atoms with van der Waals surface area (Å²) in [5.74, 6) is 1.81. The van der Waals surface area contributed by atoms with Crippen LogP contribution in [-0.2, 0) is 19.4 Å². The standard InChI is InChI=1S/C21H22N6OS2/c28-19-17-13-3-1-2-4-15(13)30-21(17)25-16(24-19)11-26-6-8-27(9-7-26)18-14-5-10-29-20(14)23-12-22-18/h5,10,12H,1-4,6-9,11H2,(H,24,25,28). The van der Waals surface area contributed by atoms with Crippen LogP contribution in [0.25, 0.3) is 20.4 Å². The van der Waals surface area contributed by atoms with E-state index in [1.165, 1.54) is 23.3 Å². The summed E-state index contributed by atoms with van der Waals surface area (Å²) in [7, 11) is 0. The van der Waals surface area contributed by atoms with Gasteiger partial charge in [0.05, 0.1) is 17.3 Å². The number of aryl methyl sites for hydroxylation is 2. The molecule has 0 amide bonds. The van der Waals surface area contributed by atoms with Gasteiger partial charge in [0, 0.05) is 31.1 Å². The van der Waals surface area contributed by atoms with Gasteiger partial charge >= 0.3 is 0 Å². The van der Waals surface area contributed by atoms with Crippen LogP contribution in [0, 0.1) is 0 Å². The second-order valence-corrected chi connectivity index (χ2v) is 9.98. The van der Waals surface area contributed by atoms with Gasteiger partial charge in [0.1, 0.15) is 27.6 Å². The first-order chi connectivity index (χ1) is 14.8. The van der Waals surface area contributed by atoms with Crippen LogP contribution in [0.15, 0.2) is 22.6 Å². The van der Waals surface area contributed by atoms with Crippen LogP contribution in [0.1, 0.15) is 29.1 Å². The number of hydrogen-bond acceptors (Lipinski definition) is 8. The molecule has 7 nitrogen and oxygen atoms in total. The van der Waals surface area contributed by atoms with Crippen molar-refractivity contribution in [2.75, 3.05) is 31.1 Å². The number of nitrogens with one attached hydrogen (secondary N) is 1. The molecular formula is C21H22N6OS2. The Morgan fingerprint density at radius 1 is 1.07 bits per heavy atom. The van der Waals surface area contributed by atoms with Crippen LogP contribution in [0.3, 0.4) is 0 Å². The highest BCUT2D eigenvalue weighted by atomic mass is 32.1. The number of anilines is 1. The molecule has 1 aliphatic carbocycles.